The molecule has 1 atom stereocenters. The van der Waals surface area contributed by atoms with Gasteiger partial charge in [0.15, 0.2) is 5.16 Å². The second kappa shape index (κ2) is 5.85. The number of nitrogens with two attached hydrogens (primary N) is 2. The van der Waals surface area contributed by atoms with Crippen molar-refractivity contribution in [2.45, 2.75) is 10.4 Å². The fraction of sp³-hybridized carbons (Fsp3) is 0.167. The first-order valence-electron chi connectivity index (χ1n) is 5.58. The highest BCUT2D eigenvalue weighted by atomic mass is 32.2. The lowest BCUT2D eigenvalue weighted by molar-refractivity contribution is 0.607. The molecule has 0 radical (unpaired) electrons. The number of H-pyrrole nitrogens is 1. The molecule has 2 aromatic rings. The molecule has 0 fully saturated rings. The molecule has 5 N–H and O–H groups in total. The summed E-state index contributed by atoms with van der Waals surface area (Å²) >= 11 is 1.17. The fourth-order valence-electron chi connectivity index (χ4n) is 1.62. The van der Waals surface area contributed by atoms with Crippen LogP contribution in [0.2, 0.25) is 0 Å². The number of nitrogens with zero attached hydrogens (tertiary/aromatic N) is 1. The van der Waals surface area contributed by atoms with E-state index in [1.165, 1.54) is 23.9 Å². The number of nitrogen functional groups attached to an aromatic ring is 1. The Labute approximate surface area is 113 Å². The third kappa shape index (κ3) is 3.33. The summed E-state index contributed by atoms with van der Waals surface area (Å²) in [6, 6.07) is 7.55. The maximum atomic E-state index is 13.7. The van der Waals surface area contributed by atoms with Crippen molar-refractivity contribution in [1.29, 1.82) is 0 Å². The van der Waals surface area contributed by atoms with Gasteiger partial charge in [-0.25, -0.2) is 9.37 Å². The molecule has 7 heteroatoms. The van der Waals surface area contributed by atoms with Gasteiger partial charge in [0.1, 0.15) is 11.6 Å². The van der Waals surface area contributed by atoms with Crippen LogP contribution in [0.4, 0.5) is 10.2 Å². The molecule has 1 unspecified atom stereocenters. The molecule has 0 amide bonds. The van der Waals surface area contributed by atoms with E-state index < -0.39 is 0 Å². The maximum Gasteiger partial charge on any atom is 0.253 e. The summed E-state index contributed by atoms with van der Waals surface area (Å²) in [7, 11) is 0. The molecule has 0 aliphatic rings. The lowest BCUT2D eigenvalue weighted by atomic mass is 10.1. The Morgan fingerprint density at radius 3 is 2.79 bits per heavy atom. The normalized spacial score (nSPS) is 12.3. The number of aromatic nitrogens is 2. The van der Waals surface area contributed by atoms with E-state index in [2.05, 4.69) is 9.97 Å². The zero-order valence-corrected chi connectivity index (χ0v) is 10.8. The van der Waals surface area contributed by atoms with E-state index in [-0.39, 0.29) is 29.0 Å². The summed E-state index contributed by atoms with van der Waals surface area (Å²) in [4.78, 5) is 17.8. The van der Waals surface area contributed by atoms with E-state index in [4.69, 9.17) is 11.5 Å². The first kappa shape index (κ1) is 13.6. The second-order valence-electron chi connectivity index (χ2n) is 3.84. The number of rotatable bonds is 4. The lowest BCUT2D eigenvalue weighted by Crippen LogP contribution is -2.14. The predicted molar refractivity (Wildman–Crippen MR) is 73.3 cm³/mol. The van der Waals surface area contributed by atoms with Crippen molar-refractivity contribution in [3.63, 3.8) is 0 Å². The molecular formula is C12H13FN4OS. The van der Waals surface area contributed by atoms with Gasteiger partial charge in [-0.05, 0) is 6.07 Å². The van der Waals surface area contributed by atoms with Crippen LogP contribution < -0.4 is 17.0 Å². The summed E-state index contributed by atoms with van der Waals surface area (Å²) < 4.78 is 13.7. The molecule has 100 valence electrons. The van der Waals surface area contributed by atoms with Gasteiger partial charge in [0, 0.05) is 18.2 Å². The van der Waals surface area contributed by atoms with Crippen molar-refractivity contribution in [3.05, 3.63) is 52.1 Å². The van der Waals surface area contributed by atoms with Crippen LogP contribution in [0.1, 0.15) is 10.8 Å². The van der Waals surface area contributed by atoms with Crippen molar-refractivity contribution in [1.82, 2.24) is 9.97 Å². The van der Waals surface area contributed by atoms with E-state index in [0.29, 0.717) is 10.7 Å². The van der Waals surface area contributed by atoms with Crippen LogP contribution in [0.3, 0.4) is 0 Å². The van der Waals surface area contributed by atoms with Gasteiger partial charge in [-0.15, -0.1) is 0 Å². The van der Waals surface area contributed by atoms with Crippen molar-refractivity contribution < 1.29 is 4.39 Å². The van der Waals surface area contributed by atoms with Gasteiger partial charge in [-0.1, -0.05) is 30.0 Å². The average Bonchev–Trinajstić information content (AvgIpc) is 2.36. The Kier molecular flexibility index (Phi) is 4.18. The highest BCUT2D eigenvalue weighted by molar-refractivity contribution is 7.99. The van der Waals surface area contributed by atoms with E-state index in [1.54, 1.807) is 18.2 Å². The molecule has 0 bridgehead atoms. The topological polar surface area (TPSA) is 97.8 Å². The van der Waals surface area contributed by atoms with Crippen LogP contribution in [0.15, 0.2) is 40.3 Å². The predicted octanol–water partition coefficient (Wildman–Crippen LogP) is 1.28. The van der Waals surface area contributed by atoms with E-state index in [0.717, 1.165) is 0 Å². The van der Waals surface area contributed by atoms with Gasteiger partial charge in [-0.3, -0.25) is 4.79 Å². The highest BCUT2D eigenvalue weighted by Crippen LogP contribution is 2.33. The first-order valence-corrected chi connectivity index (χ1v) is 6.46. The van der Waals surface area contributed by atoms with Crippen LogP contribution in [0.25, 0.3) is 0 Å². The van der Waals surface area contributed by atoms with Gasteiger partial charge in [0.05, 0.1) is 5.25 Å². The zero-order chi connectivity index (χ0) is 13.8. The van der Waals surface area contributed by atoms with Gasteiger partial charge in [0.25, 0.3) is 5.56 Å². The Hall–Kier alpha value is -1.86. The number of nitrogens with one attached hydrogen (secondary N) is 1. The van der Waals surface area contributed by atoms with Crippen LogP contribution >= 0.6 is 11.8 Å². The smallest absolute Gasteiger partial charge is 0.253 e. The van der Waals surface area contributed by atoms with Crippen LogP contribution in [0, 0.1) is 5.82 Å². The van der Waals surface area contributed by atoms with E-state index in [1.807, 2.05) is 0 Å². The number of hydrogen-bond acceptors (Lipinski definition) is 5. The number of halogens is 1. The van der Waals surface area contributed by atoms with Crippen LogP contribution in [-0.2, 0) is 0 Å². The molecule has 2 rings (SSSR count). The number of aromatic amines is 1. The summed E-state index contributed by atoms with van der Waals surface area (Å²) in [5, 5.41) is -0.0187. The minimum atomic E-state index is -0.348. The number of thioether (sulfide) groups is 1. The molecule has 0 saturated carbocycles. The first-order chi connectivity index (χ1) is 9.10. The largest absolute Gasteiger partial charge is 0.383 e. The average molecular weight is 280 g/mol. The summed E-state index contributed by atoms with van der Waals surface area (Å²) in [6.45, 7) is 0.212. The molecule has 0 aliphatic heterocycles. The monoisotopic (exact) mass is 280 g/mol. The number of anilines is 1. The maximum absolute atomic E-state index is 13.7. The minimum Gasteiger partial charge on any atom is -0.383 e. The van der Waals surface area contributed by atoms with Gasteiger partial charge < -0.3 is 16.5 Å². The van der Waals surface area contributed by atoms with Crippen LogP contribution in [-0.4, -0.2) is 16.5 Å². The third-order valence-electron chi connectivity index (χ3n) is 2.46. The molecule has 19 heavy (non-hydrogen) atoms. The molecule has 1 aromatic carbocycles. The van der Waals surface area contributed by atoms with Crippen molar-refractivity contribution in [2.75, 3.05) is 12.3 Å². The second-order valence-corrected chi connectivity index (χ2v) is 5.03. The number of hydrogen-bond donors (Lipinski definition) is 3. The Morgan fingerprint density at radius 2 is 2.16 bits per heavy atom. The molecule has 0 aliphatic carbocycles. The molecule has 1 heterocycles. The highest BCUT2D eigenvalue weighted by Gasteiger charge is 2.16. The minimum absolute atomic E-state index is 0.121. The third-order valence-corrected chi connectivity index (χ3v) is 3.61. The fourth-order valence-corrected chi connectivity index (χ4v) is 2.62. The van der Waals surface area contributed by atoms with Crippen molar-refractivity contribution >= 4 is 17.6 Å². The van der Waals surface area contributed by atoms with Gasteiger partial charge in [0.2, 0.25) is 0 Å². The molecule has 1 aromatic heterocycles. The lowest BCUT2D eigenvalue weighted by Gasteiger charge is -2.14. The summed E-state index contributed by atoms with van der Waals surface area (Å²) in [6.07, 6.45) is 0. The van der Waals surface area contributed by atoms with Crippen molar-refractivity contribution in [3.8, 4) is 0 Å². The quantitative estimate of drug-likeness (QED) is 0.579. The standard InChI is InChI=1S/C12H13FN4OS/c13-8-4-2-1-3-7(8)9(6-14)19-12-16-10(15)5-11(18)17-12/h1-5,9H,6,14H2,(H3,15,16,17,18). The molecule has 5 nitrogen and oxygen atoms in total. The Bertz CT molecular complexity index is 631. The molecule has 0 spiro atoms. The van der Waals surface area contributed by atoms with Gasteiger partial charge in [-0.2, -0.15) is 0 Å². The van der Waals surface area contributed by atoms with E-state index >= 15 is 0 Å². The summed E-state index contributed by atoms with van der Waals surface area (Å²) in [5.74, 6) is -0.216. The van der Waals surface area contributed by atoms with Gasteiger partial charge >= 0.3 is 0 Å². The van der Waals surface area contributed by atoms with Crippen LogP contribution in [0.5, 0.6) is 0 Å². The molecule has 0 saturated heterocycles. The SMILES string of the molecule is NCC(Sc1nc(N)cc(=O)[nH]1)c1ccccc1F. The summed E-state index contributed by atoms with van der Waals surface area (Å²) in [5.41, 5.74) is 11.3. The van der Waals surface area contributed by atoms with E-state index in [9.17, 15) is 9.18 Å². The Morgan fingerprint density at radius 1 is 1.42 bits per heavy atom. The zero-order valence-electron chi connectivity index (χ0n) is 9.97. The molecular weight excluding hydrogens is 267 g/mol. The Balaban J connectivity index is 2.29. The number of benzene rings is 1. The van der Waals surface area contributed by atoms with Crippen molar-refractivity contribution in [2.24, 2.45) is 5.73 Å².